The summed E-state index contributed by atoms with van der Waals surface area (Å²) in [7, 11) is 0. The molecule has 1 atom stereocenters. The molecule has 2 aromatic rings. The molecule has 2 heterocycles. The molecule has 0 aliphatic rings. The summed E-state index contributed by atoms with van der Waals surface area (Å²) in [6, 6.07) is 2.11. The molecule has 1 unspecified atom stereocenters. The van der Waals surface area contributed by atoms with Gasteiger partial charge in [-0.3, -0.25) is 0 Å². The van der Waals surface area contributed by atoms with Crippen molar-refractivity contribution in [3.8, 4) is 5.88 Å². The highest BCUT2D eigenvalue weighted by Crippen LogP contribution is 2.32. The maximum absolute atomic E-state index is 6.09. The Morgan fingerprint density at radius 1 is 1.29 bits per heavy atom. The van der Waals surface area contributed by atoms with Crippen molar-refractivity contribution in [2.45, 2.75) is 53.6 Å². The fourth-order valence-electron chi connectivity index (χ4n) is 2.32. The Labute approximate surface area is 131 Å². The molecule has 0 aliphatic heterocycles. The molecule has 0 aromatic carbocycles. The maximum Gasteiger partial charge on any atom is 0.227 e. The topological polar surface area (TPSA) is 47.0 Å². The van der Waals surface area contributed by atoms with Gasteiger partial charge in [0.05, 0.1) is 11.5 Å². The van der Waals surface area contributed by atoms with Gasteiger partial charge in [-0.05, 0) is 38.7 Å². The lowest BCUT2D eigenvalue weighted by molar-refractivity contribution is 0.188. The maximum atomic E-state index is 6.09. The number of aryl methyl sites for hydroxylation is 1. The highest BCUT2D eigenvalue weighted by Gasteiger charge is 2.15. The molecule has 0 saturated carbocycles. The molecule has 4 nitrogen and oxygen atoms in total. The monoisotopic (exact) mass is 307 g/mol. The predicted octanol–water partition coefficient (Wildman–Crippen LogP) is 4.64. The zero-order valence-corrected chi connectivity index (χ0v) is 14.4. The minimum Gasteiger partial charge on any atom is -0.474 e. The van der Waals surface area contributed by atoms with Crippen molar-refractivity contribution >= 4 is 27.5 Å². The molecule has 0 saturated heterocycles. The molecule has 21 heavy (non-hydrogen) atoms. The molecule has 0 radical (unpaired) electrons. The summed E-state index contributed by atoms with van der Waals surface area (Å²) in [6.07, 6.45) is 2.22. The Balaban J connectivity index is 2.30. The van der Waals surface area contributed by atoms with E-state index >= 15 is 0 Å². The van der Waals surface area contributed by atoms with Crippen molar-refractivity contribution in [1.29, 1.82) is 0 Å². The van der Waals surface area contributed by atoms with E-state index in [9.17, 15) is 0 Å². The van der Waals surface area contributed by atoms with E-state index in [0.29, 0.717) is 17.7 Å². The van der Waals surface area contributed by atoms with Crippen LogP contribution in [0.25, 0.3) is 10.2 Å². The van der Waals surface area contributed by atoms with Gasteiger partial charge in [-0.2, -0.15) is 4.98 Å². The summed E-state index contributed by atoms with van der Waals surface area (Å²) < 4.78 is 6.09. The number of anilines is 1. The molecule has 0 amide bonds. The standard InChI is InChI=1S/C16H25N3OS/c1-6-7-17-16-18-14(20-11(4)8-10(2)3)13-9-12(5)21-15(13)19-16/h9-11H,6-8H2,1-5H3,(H,17,18,19). The molecular formula is C16H25N3OS. The van der Waals surface area contributed by atoms with E-state index < -0.39 is 0 Å². The van der Waals surface area contributed by atoms with Gasteiger partial charge in [-0.15, -0.1) is 11.3 Å². The van der Waals surface area contributed by atoms with Gasteiger partial charge in [-0.1, -0.05) is 20.8 Å². The van der Waals surface area contributed by atoms with Crippen LogP contribution in [-0.4, -0.2) is 22.6 Å². The number of rotatable bonds is 7. The lowest BCUT2D eigenvalue weighted by atomic mass is 10.1. The highest BCUT2D eigenvalue weighted by atomic mass is 32.1. The van der Waals surface area contributed by atoms with Crippen LogP contribution >= 0.6 is 11.3 Å². The lowest BCUT2D eigenvalue weighted by Crippen LogP contribution is -2.16. The van der Waals surface area contributed by atoms with E-state index in [0.717, 1.165) is 29.6 Å². The third-order valence-corrected chi connectivity index (χ3v) is 4.07. The van der Waals surface area contributed by atoms with Gasteiger partial charge in [-0.25, -0.2) is 4.98 Å². The highest BCUT2D eigenvalue weighted by molar-refractivity contribution is 7.18. The van der Waals surface area contributed by atoms with E-state index in [1.54, 1.807) is 11.3 Å². The van der Waals surface area contributed by atoms with Crippen LogP contribution < -0.4 is 10.1 Å². The number of hydrogen-bond acceptors (Lipinski definition) is 5. The average Bonchev–Trinajstić information content (AvgIpc) is 2.76. The Kier molecular flexibility index (Phi) is 5.39. The van der Waals surface area contributed by atoms with Crippen LogP contribution in [0.1, 0.15) is 45.4 Å². The molecule has 0 bridgehead atoms. The third kappa shape index (κ3) is 4.30. The normalized spacial score (nSPS) is 12.9. The second-order valence-corrected chi connectivity index (χ2v) is 7.15. The van der Waals surface area contributed by atoms with Gasteiger partial charge in [0.25, 0.3) is 0 Å². The number of nitrogens with zero attached hydrogens (tertiary/aromatic N) is 2. The van der Waals surface area contributed by atoms with Crippen LogP contribution in [0, 0.1) is 12.8 Å². The summed E-state index contributed by atoms with van der Waals surface area (Å²) in [5.74, 6) is 1.98. The van der Waals surface area contributed by atoms with Crippen LogP contribution in [0.4, 0.5) is 5.95 Å². The van der Waals surface area contributed by atoms with Gasteiger partial charge in [0.15, 0.2) is 0 Å². The first kappa shape index (κ1) is 16.0. The van der Waals surface area contributed by atoms with E-state index in [2.05, 4.69) is 56.0 Å². The minimum atomic E-state index is 0.155. The number of hydrogen-bond donors (Lipinski definition) is 1. The lowest BCUT2D eigenvalue weighted by Gasteiger charge is -2.17. The molecule has 0 aliphatic carbocycles. The molecule has 5 heteroatoms. The first-order valence-corrected chi connectivity index (χ1v) is 8.50. The second-order valence-electron chi connectivity index (χ2n) is 5.91. The van der Waals surface area contributed by atoms with Crippen LogP contribution in [-0.2, 0) is 0 Å². The van der Waals surface area contributed by atoms with Crippen molar-refractivity contribution in [2.75, 3.05) is 11.9 Å². The number of nitrogens with one attached hydrogen (secondary N) is 1. The summed E-state index contributed by atoms with van der Waals surface area (Å²) in [4.78, 5) is 11.4. The molecule has 116 valence electrons. The number of aromatic nitrogens is 2. The molecule has 2 aromatic heterocycles. The van der Waals surface area contributed by atoms with Gasteiger partial charge >= 0.3 is 0 Å². The van der Waals surface area contributed by atoms with Gasteiger partial charge in [0, 0.05) is 11.4 Å². The van der Waals surface area contributed by atoms with Gasteiger partial charge in [0.2, 0.25) is 11.8 Å². The summed E-state index contributed by atoms with van der Waals surface area (Å²) in [5.41, 5.74) is 0. The van der Waals surface area contributed by atoms with Gasteiger partial charge in [0.1, 0.15) is 4.83 Å². The smallest absolute Gasteiger partial charge is 0.227 e. The number of thiophene rings is 1. The Hall–Kier alpha value is -1.36. The van der Waals surface area contributed by atoms with Crippen LogP contribution in [0.15, 0.2) is 6.07 Å². The molecule has 1 N–H and O–H groups in total. The van der Waals surface area contributed by atoms with Crippen molar-refractivity contribution in [2.24, 2.45) is 5.92 Å². The summed E-state index contributed by atoms with van der Waals surface area (Å²) >= 11 is 1.68. The Morgan fingerprint density at radius 2 is 2.05 bits per heavy atom. The van der Waals surface area contributed by atoms with E-state index in [1.807, 2.05) is 0 Å². The predicted molar refractivity (Wildman–Crippen MR) is 90.5 cm³/mol. The largest absolute Gasteiger partial charge is 0.474 e. The third-order valence-electron chi connectivity index (χ3n) is 3.13. The van der Waals surface area contributed by atoms with Crippen molar-refractivity contribution in [1.82, 2.24) is 9.97 Å². The van der Waals surface area contributed by atoms with Crippen molar-refractivity contribution in [3.05, 3.63) is 10.9 Å². The molecule has 0 fully saturated rings. The zero-order valence-electron chi connectivity index (χ0n) is 13.6. The van der Waals surface area contributed by atoms with E-state index in [1.165, 1.54) is 4.88 Å². The Morgan fingerprint density at radius 3 is 2.71 bits per heavy atom. The van der Waals surface area contributed by atoms with Crippen LogP contribution in [0.5, 0.6) is 5.88 Å². The summed E-state index contributed by atoms with van der Waals surface area (Å²) in [5, 5.41) is 4.28. The minimum absolute atomic E-state index is 0.155. The fourth-order valence-corrected chi connectivity index (χ4v) is 3.19. The van der Waals surface area contributed by atoms with Crippen LogP contribution in [0.3, 0.4) is 0 Å². The first-order chi connectivity index (χ1) is 9.99. The molecular weight excluding hydrogens is 282 g/mol. The quantitative estimate of drug-likeness (QED) is 0.810. The average molecular weight is 307 g/mol. The van der Waals surface area contributed by atoms with Crippen molar-refractivity contribution in [3.63, 3.8) is 0 Å². The first-order valence-electron chi connectivity index (χ1n) is 7.68. The van der Waals surface area contributed by atoms with E-state index in [4.69, 9.17) is 4.74 Å². The number of ether oxygens (including phenoxy) is 1. The SMILES string of the molecule is CCCNc1nc(OC(C)CC(C)C)c2cc(C)sc2n1. The number of fused-ring (bicyclic) bond motifs is 1. The zero-order chi connectivity index (χ0) is 15.4. The second kappa shape index (κ2) is 7.07. The van der Waals surface area contributed by atoms with Crippen LogP contribution in [0.2, 0.25) is 0 Å². The molecule has 2 rings (SSSR count). The summed E-state index contributed by atoms with van der Waals surface area (Å²) in [6.45, 7) is 11.6. The van der Waals surface area contributed by atoms with Crippen molar-refractivity contribution < 1.29 is 4.74 Å². The van der Waals surface area contributed by atoms with E-state index in [-0.39, 0.29) is 6.10 Å². The molecule has 0 spiro atoms. The Bertz CT molecular complexity index is 594. The van der Waals surface area contributed by atoms with Gasteiger partial charge < -0.3 is 10.1 Å². The fraction of sp³-hybridized carbons (Fsp3) is 0.625.